The van der Waals surface area contributed by atoms with Crippen LogP contribution in [0.5, 0.6) is 0 Å². The van der Waals surface area contributed by atoms with Crippen molar-refractivity contribution in [3.05, 3.63) is 133 Å². The van der Waals surface area contributed by atoms with Gasteiger partial charge in [-0.25, -0.2) is 0 Å². The average molecular weight is 637 g/mol. The standard InChI is InChI=1S/C38H22Se2/c1-3-7-23(8-4-1)25-11-13-27-17-31-33-21-38-34(22-37(33)39-35(31)19-29(27)15-25)32-18-28-14-12-26(24-9-5-2-6-10-24)16-30(28)20-36(32)40-38/h1-22H. The molecular weight excluding hydrogens is 614 g/mol. The summed E-state index contributed by atoms with van der Waals surface area (Å²) in [6.45, 7) is 0. The Hall–Kier alpha value is -3.90. The Bertz CT molecular complexity index is 2240. The first-order valence-electron chi connectivity index (χ1n) is 13.6. The van der Waals surface area contributed by atoms with Crippen LogP contribution in [0.1, 0.15) is 0 Å². The number of rotatable bonds is 2. The maximum atomic E-state index is 2.53. The van der Waals surface area contributed by atoms with Crippen LogP contribution in [0.15, 0.2) is 133 Å². The minimum absolute atomic E-state index is 0.327. The van der Waals surface area contributed by atoms with Gasteiger partial charge < -0.3 is 0 Å². The van der Waals surface area contributed by atoms with Crippen molar-refractivity contribution < 1.29 is 0 Å². The third-order valence-corrected chi connectivity index (χ3v) is 12.9. The molecule has 0 aliphatic carbocycles. The SMILES string of the molecule is c1ccc(-c2ccc3cc4c(cc3c2)[se]c2cc3c(cc24)[se]c2cc4cc(-c5ccccc5)ccc4cc23)cc1. The zero-order chi connectivity index (χ0) is 26.2. The van der Waals surface area contributed by atoms with E-state index in [1.165, 1.54) is 82.4 Å². The van der Waals surface area contributed by atoms with Crippen LogP contribution in [0, 0.1) is 0 Å². The number of fused-ring (bicyclic) bond motifs is 8. The molecule has 0 atom stereocenters. The summed E-state index contributed by atoms with van der Waals surface area (Å²) in [6, 6.07) is 50.1. The molecule has 0 saturated heterocycles. The van der Waals surface area contributed by atoms with Gasteiger partial charge in [-0.1, -0.05) is 0 Å². The van der Waals surface area contributed by atoms with Crippen molar-refractivity contribution >= 4 is 89.1 Å². The Morgan fingerprint density at radius 1 is 0.275 bits per heavy atom. The van der Waals surface area contributed by atoms with Gasteiger partial charge in [-0.05, 0) is 0 Å². The predicted molar refractivity (Wildman–Crippen MR) is 176 cm³/mol. The predicted octanol–water partition coefficient (Wildman–Crippen LogP) is 10.1. The topological polar surface area (TPSA) is 0 Å². The fraction of sp³-hybridized carbons (Fsp3) is 0. The van der Waals surface area contributed by atoms with Crippen LogP contribution in [0.2, 0.25) is 0 Å². The summed E-state index contributed by atoms with van der Waals surface area (Å²) >= 11 is 0.654. The molecule has 0 bridgehead atoms. The molecule has 0 saturated carbocycles. The Morgan fingerprint density at radius 2 is 0.675 bits per heavy atom. The quantitative estimate of drug-likeness (QED) is 0.166. The van der Waals surface area contributed by atoms with Gasteiger partial charge in [-0.2, -0.15) is 0 Å². The Balaban J connectivity index is 1.21. The van der Waals surface area contributed by atoms with Crippen molar-refractivity contribution in [2.45, 2.75) is 0 Å². The van der Waals surface area contributed by atoms with E-state index in [1.54, 1.807) is 0 Å². The molecule has 7 aromatic carbocycles. The van der Waals surface area contributed by atoms with E-state index in [0.717, 1.165) is 0 Å². The van der Waals surface area contributed by atoms with Crippen LogP contribution in [-0.4, -0.2) is 29.0 Å². The van der Waals surface area contributed by atoms with E-state index >= 15 is 0 Å². The molecule has 2 heterocycles. The van der Waals surface area contributed by atoms with Crippen LogP contribution < -0.4 is 0 Å². The molecule has 0 aliphatic rings. The van der Waals surface area contributed by atoms with Gasteiger partial charge in [0.2, 0.25) is 0 Å². The summed E-state index contributed by atoms with van der Waals surface area (Å²) in [4.78, 5) is 0. The second-order valence-electron chi connectivity index (χ2n) is 10.6. The first-order valence-corrected chi connectivity index (χ1v) is 17.0. The molecule has 9 aromatic rings. The van der Waals surface area contributed by atoms with Crippen molar-refractivity contribution in [1.29, 1.82) is 0 Å². The summed E-state index contributed by atoms with van der Waals surface area (Å²) in [5, 5.41) is 11.2. The average Bonchev–Trinajstić information content (AvgIpc) is 3.53. The van der Waals surface area contributed by atoms with Gasteiger partial charge in [0.25, 0.3) is 0 Å². The summed E-state index contributed by atoms with van der Waals surface area (Å²) in [5.74, 6) is 0. The summed E-state index contributed by atoms with van der Waals surface area (Å²) in [6.07, 6.45) is 0. The molecular formula is C38H22Se2. The second-order valence-corrected chi connectivity index (χ2v) is 15.1. The number of hydrogen-bond donors (Lipinski definition) is 0. The van der Waals surface area contributed by atoms with E-state index in [1.807, 2.05) is 0 Å². The number of benzene rings is 7. The first kappa shape index (κ1) is 22.9. The van der Waals surface area contributed by atoms with E-state index in [2.05, 4.69) is 133 Å². The molecule has 0 fully saturated rings. The maximum absolute atomic E-state index is 2.53. The zero-order valence-corrected chi connectivity index (χ0v) is 24.9. The molecule has 0 aliphatic heterocycles. The van der Waals surface area contributed by atoms with Gasteiger partial charge in [-0.3, -0.25) is 0 Å². The van der Waals surface area contributed by atoms with Gasteiger partial charge in [0.15, 0.2) is 0 Å². The third kappa shape index (κ3) is 3.58. The molecule has 0 unspecified atom stereocenters. The van der Waals surface area contributed by atoms with E-state index in [-0.39, 0.29) is 0 Å². The van der Waals surface area contributed by atoms with Crippen LogP contribution in [0.3, 0.4) is 0 Å². The van der Waals surface area contributed by atoms with E-state index < -0.39 is 0 Å². The first-order chi connectivity index (χ1) is 19.8. The van der Waals surface area contributed by atoms with Gasteiger partial charge >= 0.3 is 245 Å². The van der Waals surface area contributed by atoms with Crippen LogP contribution in [0.25, 0.3) is 82.4 Å². The zero-order valence-electron chi connectivity index (χ0n) is 21.5. The van der Waals surface area contributed by atoms with Gasteiger partial charge in [0.05, 0.1) is 0 Å². The normalized spacial score (nSPS) is 12.0. The van der Waals surface area contributed by atoms with E-state index in [0.29, 0.717) is 29.0 Å². The molecule has 0 spiro atoms. The van der Waals surface area contributed by atoms with Gasteiger partial charge in [0, 0.05) is 0 Å². The van der Waals surface area contributed by atoms with E-state index in [9.17, 15) is 0 Å². The van der Waals surface area contributed by atoms with Crippen molar-refractivity contribution in [1.82, 2.24) is 0 Å². The molecule has 0 radical (unpaired) electrons. The molecule has 0 amide bonds. The van der Waals surface area contributed by atoms with Gasteiger partial charge in [0.1, 0.15) is 0 Å². The van der Waals surface area contributed by atoms with Crippen molar-refractivity contribution in [2.75, 3.05) is 0 Å². The number of hydrogen-bond acceptors (Lipinski definition) is 0. The van der Waals surface area contributed by atoms with Crippen LogP contribution >= 0.6 is 0 Å². The van der Waals surface area contributed by atoms with Crippen LogP contribution in [-0.2, 0) is 0 Å². The summed E-state index contributed by atoms with van der Waals surface area (Å²) < 4.78 is 6.10. The second kappa shape index (κ2) is 8.80. The molecule has 40 heavy (non-hydrogen) atoms. The van der Waals surface area contributed by atoms with Crippen molar-refractivity contribution in [3.8, 4) is 22.3 Å². The van der Waals surface area contributed by atoms with Crippen molar-refractivity contribution in [3.63, 3.8) is 0 Å². The molecule has 0 nitrogen and oxygen atoms in total. The fourth-order valence-electron chi connectivity index (χ4n) is 6.15. The molecule has 0 N–H and O–H groups in total. The molecule has 9 rings (SSSR count). The van der Waals surface area contributed by atoms with Crippen LogP contribution in [0.4, 0.5) is 0 Å². The minimum atomic E-state index is 0.327. The Labute approximate surface area is 243 Å². The molecule has 2 heteroatoms. The Kier molecular flexibility index (Phi) is 5.03. The van der Waals surface area contributed by atoms with Gasteiger partial charge in [-0.15, -0.1) is 0 Å². The monoisotopic (exact) mass is 638 g/mol. The summed E-state index contributed by atoms with van der Waals surface area (Å²) in [5.41, 5.74) is 5.13. The fourth-order valence-corrected chi connectivity index (χ4v) is 11.0. The summed E-state index contributed by atoms with van der Waals surface area (Å²) in [7, 11) is 0. The Morgan fingerprint density at radius 3 is 1.12 bits per heavy atom. The molecule has 2 aromatic heterocycles. The van der Waals surface area contributed by atoms with Crippen molar-refractivity contribution in [2.24, 2.45) is 0 Å². The third-order valence-electron chi connectivity index (χ3n) is 8.19. The molecule has 186 valence electrons. The van der Waals surface area contributed by atoms with E-state index in [4.69, 9.17) is 0 Å².